The van der Waals surface area contributed by atoms with Crippen molar-refractivity contribution in [2.24, 2.45) is 0 Å². The number of nitrogens with zero attached hydrogens (tertiary/aromatic N) is 1. The van der Waals surface area contributed by atoms with Crippen LogP contribution in [0.1, 0.15) is 47.8 Å². The van der Waals surface area contributed by atoms with Crippen molar-refractivity contribution in [2.45, 2.75) is 31.7 Å². The van der Waals surface area contributed by atoms with Crippen LogP contribution in [-0.4, -0.2) is 36.6 Å². The fraction of sp³-hybridized carbons (Fsp3) is 0.348. The van der Waals surface area contributed by atoms with Crippen LogP contribution in [0.2, 0.25) is 0 Å². The van der Waals surface area contributed by atoms with Crippen LogP contribution in [0, 0.1) is 0 Å². The molecular weight excluding hydrogens is 352 g/mol. The Balaban J connectivity index is 1.66. The van der Waals surface area contributed by atoms with Gasteiger partial charge in [0.2, 0.25) is 0 Å². The number of H-pyrrole nitrogens is 1. The number of carbonyl (C=O) groups is 1. The largest absolute Gasteiger partial charge is 0.497 e. The monoisotopic (exact) mass is 378 g/mol. The van der Waals surface area contributed by atoms with E-state index in [1.54, 1.807) is 14.2 Å². The highest BCUT2D eigenvalue weighted by molar-refractivity contribution is 5.98. The highest BCUT2D eigenvalue weighted by Gasteiger charge is 2.28. The van der Waals surface area contributed by atoms with Gasteiger partial charge in [-0.1, -0.05) is 25.0 Å². The van der Waals surface area contributed by atoms with Gasteiger partial charge < -0.3 is 19.4 Å². The Morgan fingerprint density at radius 3 is 2.46 bits per heavy atom. The third-order valence-electron chi connectivity index (χ3n) is 5.57. The summed E-state index contributed by atoms with van der Waals surface area (Å²) in [4.78, 5) is 18.7. The summed E-state index contributed by atoms with van der Waals surface area (Å²) in [6.07, 6.45) is 4.29. The number of rotatable bonds is 4. The molecule has 0 unspecified atom stereocenters. The van der Waals surface area contributed by atoms with E-state index in [1.165, 1.54) is 0 Å². The lowest BCUT2D eigenvalue weighted by atomic mass is 10.0. The molecule has 1 saturated heterocycles. The van der Waals surface area contributed by atoms with Crippen molar-refractivity contribution < 1.29 is 14.3 Å². The lowest BCUT2D eigenvalue weighted by Crippen LogP contribution is -2.35. The first kappa shape index (κ1) is 18.4. The molecule has 0 spiro atoms. The first-order chi connectivity index (χ1) is 13.7. The lowest BCUT2D eigenvalue weighted by Gasteiger charge is -2.30. The van der Waals surface area contributed by atoms with E-state index in [0.717, 1.165) is 60.2 Å². The number of methoxy groups -OCH3 is 2. The van der Waals surface area contributed by atoms with Gasteiger partial charge in [-0.3, -0.25) is 4.79 Å². The maximum absolute atomic E-state index is 13.4. The van der Waals surface area contributed by atoms with Gasteiger partial charge in [0.25, 0.3) is 5.91 Å². The van der Waals surface area contributed by atoms with Gasteiger partial charge in [-0.2, -0.15) is 0 Å². The number of amides is 1. The molecule has 1 fully saturated rings. The minimum absolute atomic E-state index is 0.0536. The molecule has 1 aliphatic rings. The van der Waals surface area contributed by atoms with Crippen molar-refractivity contribution in [3.05, 3.63) is 59.8 Å². The SMILES string of the molecule is COc1ccc([C@H]2CCCCCN2C(=O)c2cc3ccc(OC)cc3[nH]2)cc1. The van der Waals surface area contributed by atoms with Gasteiger partial charge >= 0.3 is 0 Å². The summed E-state index contributed by atoms with van der Waals surface area (Å²) >= 11 is 0. The highest BCUT2D eigenvalue weighted by Crippen LogP contribution is 2.33. The number of benzene rings is 2. The van der Waals surface area contributed by atoms with Gasteiger partial charge in [0.05, 0.1) is 20.3 Å². The lowest BCUT2D eigenvalue weighted by molar-refractivity contribution is 0.0676. The van der Waals surface area contributed by atoms with E-state index < -0.39 is 0 Å². The number of likely N-dealkylation sites (tertiary alicyclic amines) is 1. The summed E-state index contributed by atoms with van der Waals surface area (Å²) in [6, 6.07) is 15.9. The van der Waals surface area contributed by atoms with E-state index in [1.807, 2.05) is 41.3 Å². The maximum atomic E-state index is 13.4. The zero-order valence-electron chi connectivity index (χ0n) is 16.4. The molecule has 1 atom stereocenters. The summed E-state index contributed by atoms with van der Waals surface area (Å²) in [6.45, 7) is 0.772. The number of carbonyl (C=O) groups excluding carboxylic acids is 1. The second-order valence-electron chi connectivity index (χ2n) is 7.27. The Hall–Kier alpha value is -2.95. The quantitative estimate of drug-likeness (QED) is 0.699. The van der Waals surface area contributed by atoms with E-state index in [4.69, 9.17) is 9.47 Å². The van der Waals surface area contributed by atoms with Gasteiger partial charge in [0.15, 0.2) is 0 Å². The Morgan fingerprint density at radius 2 is 1.71 bits per heavy atom. The molecule has 0 aliphatic carbocycles. The van der Waals surface area contributed by atoms with Crippen LogP contribution in [0.5, 0.6) is 11.5 Å². The van der Waals surface area contributed by atoms with Gasteiger partial charge in [-0.05, 0) is 48.7 Å². The Morgan fingerprint density at radius 1 is 0.964 bits per heavy atom. The van der Waals surface area contributed by atoms with Crippen molar-refractivity contribution in [1.29, 1.82) is 0 Å². The van der Waals surface area contributed by atoms with E-state index >= 15 is 0 Å². The fourth-order valence-corrected chi connectivity index (χ4v) is 4.03. The van der Waals surface area contributed by atoms with Crippen LogP contribution in [0.15, 0.2) is 48.5 Å². The number of ether oxygens (including phenoxy) is 2. The molecule has 1 N–H and O–H groups in total. The molecule has 5 heteroatoms. The number of aromatic amines is 1. The Bertz CT molecular complexity index is 962. The summed E-state index contributed by atoms with van der Waals surface area (Å²) in [5.74, 6) is 1.66. The number of hydrogen-bond acceptors (Lipinski definition) is 3. The molecule has 1 amide bonds. The van der Waals surface area contributed by atoms with E-state index in [9.17, 15) is 4.79 Å². The van der Waals surface area contributed by atoms with Gasteiger partial charge in [-0.25, -0.2) is 0 Å². The smallest absolute Gasteiger partial charge is 0.270 e. The molecule has 0 bridgehead atoms. The first-order valence-electron chi connectivity index (χ1n) is 9.81. The average molecular weight is 378 g/mol. The van der Waals surface area contributed by atoms with Crippen molar-refractivity contribution in [3.63, 3.8) is 0 Å². The first-order valence-corrected chi connectivity index (χ1v) is 9.81. The predicted molar refractivity (Wildman–Crippen MR) is 110 cm³/mol. The third-order valence-corrected chi connectivity index (χ3v) is 5.57. The topological polar surface area (TPSA) is 54.6 Å². The molecule has 4 rings (SSSR count). The van der Waals surface area contributed by atoms with Crippen LogP contribution in [0.3, 0.4) is 0 Å². The molecule has 28 heavy (non-hydrogen) atoms. The minimum Gasteiger partial charge on any atom is -0.497 e. The van der Waals surface area contributed by atoms with Crippen molar-refractivity contribution in [3.8, 4) is 11.5 Å². The number of aromatic nitrogens is 1. The van der Waals surface area contributed by atoms with Crippen molar-refractivity contribution in [2.75, 3.05) is 20.8 Å². The summed E-state index contributed by atoms with van der Waals surface area (Å²) in [5.41, 5.74) is 2.70. The molecule has 5 nitrogen and oxygen atoms in total. The van der Waals surface area contributed by atoms with Crippen LogP contribution < -0.4 is 9.47 Å². The summed E-state index contributed by atoms with van der Waals surface area (Å²) < 4.78 is 10.6. The molecule has 146 valence electrons. The van der Waals surface area contributed by atoms with Gasteiger partial charge in [-0.15, -0.1) is 0 Å². The summed E-state index contributed by atoms with van der Waals surface area (Å²) in [5, 5.41) is 1.01. The Labute approximate surface area is 165 Å². The van der Waals surface area contributed by atoms with Crippen LogP contribution in [0.25, 0.3) is 10.9 Å². The fourth-order valence-electron chi connectivity index (χ4n) is 4.03. The van der Waals surface area contributed by atoms with Gasteiger partial charge in [0.1, 0.15) is 17.2 Å². The second-order valence-corrected chi connectivity index (χ2v) is 7.27. The number of nitrogens with one attached hydrogen (secondary N) is 1. The van der Waals surface area contributed by atoms with Crippen LogP contribution in [0.4, 0.5) is 0 Å². The summed E-state index contributed by atoms with van der Waals surface area (Å²) in [7, 11) is 3.31. The molecule has 3 aromatic rings. The van der Waals surface area contributed by atoms with Gasteiger partial charge in [0, 0.05) is 23.5 Å². The number of fused-ring (bicyclic) bond motifs is 1. The zero-order chi connectivity index (χ0) is 19.5. The third kappa shape index (κ3) is 3.57. The van der Waals surface area contributed by atoms with Crippen molar-refractivity contribution in [1.82, 2.24) is 9.88 Å². The van der Waals surface area contributed by atoms with Crippen LogP contribution >= 0.6 is 0 Å². The molecule has 0 radical (unpaired) electrons. The van der Waals surface area contributed by atoms with E-state index in [-0.39, 0.29) is 11.9 Å². The second kappa shape index (κ2) is 7.97. The van der Waals surface area contributed by atoms with Crippen LogP contribution in [-0.2, 0) is 0 Å². The molecule has 1 aliphatic heterocycles. The molecular formula is C23H26N2O3. The maximum Gasteiger partial charge on any atom is 0.270 e. The zero-order valence-corrected chi connectivity index (χ0v) is 16.4. The predicted octanol–water partition coefficient (Wildman–Crippen LogP) is 4.94. The molecule has 2 heterocycles. The molecule has 0 saturated carbocycles. The Kier molecular flexibility index (Phi) is 5.24. The molecule has 2 aromatic carbocycles. The number of hydrogen-bond donors (Lipinski definition) is 1. The standard InChI is InChI=1S/C23H26N2O3/c1-27-18-10-7-16(8-11-18)22-6-4-3-5-13-25(22)23(26)21-14-17-9-12-19(28-2)15-20(17)24-21/h7-12,14-15,22,24H,3-6,13H2,1-2H3/t22-/m1/s1. The average Bonchev–Trinajstić information content (AvgIpc) is 3.01. The normalized spacial score (nSPS) is 17.4. The molecule has 1 aromatic heterocycles. The van der Waals surface area contributed by atoms with E-state index in [0.29, 0.717) is 5.69 Å². The van der Waals surface area contributed by atoms with E-state index in [2.05, 4.69) is 17.1 Å². The highest BCUT2D eigenvalue weighted by atomic mass is 16.5. The van der Waals surface area contributed by atoms with Crippen molar-refractivity contribution >= 4 is 16.8 Å². The minimum atomic E-state index is 0.0536.